The first kappa shape index (κ1) is 21.1. The summed E-state index contributed by atoms with van der Waals surface area (Å²) in [6.45, 7) is 5.84. The van der Waals surface area contributed by atoms with Gasteiger partial charge in [0, 0.05) is 24.4 Å². The lowest BCUT2D eigenvalue weighted by atomic mass is 10.2. The smallest absolute Gasteiger partial charge is 0.252 e. The molecular weight excluding hydrogens is 388 g/mol. The van der Waals surface area contributed by atoms with Crippen LogP contribution in [-0.4, -0.2) is 39.7 Å². The van der Waals surface area contributed by atoms with Crippen LogP contribution in [-0.2, 0) is 13.0 Å². The van der Waals surface area contributed by atoms with Gasteiger partial charge >= 0.3 is 0 Å². The van der Waals surface area contributed by atoms with E-state index in [2.05, 4.69) is 33.9 Å². The fourth-order valence-corrected chi connectivity index (χ4v) is 3.72. The van der Waals surface area contributed by atoms with Gasteiger partial charge in [-0.1, -0.05) is 37.2 Å². The number of aromatic nitrogens is 3. The van der Waals surface area contributed by atoms with Crippen molar-refractivity contribution in [2.24, 2.45) is 5.92 Å². The van der Waals surface area contributed by atoms with Gasteiger partial charge in [0.1, 0.15) is 5.82 Å². The molecule has 1 aromatic heterocycles. The lowest BCUT2D eigenvalue weighted by molar-refractivity contribution is 0.0953. The van der Waals surface area contributed by atoms with E-state index in [1.165, 1.54) is 0 Å². The predicted molar refractivity (Wildman–Crippen MR) is 111 cm³/mol. The van der Waals surface area contributed by atoms with Crippen LogP contribution in [0.4, 0.5) is 0 Å². The van der Waals surface area contributed by atoms with Crippen molar-refractivity contribution < 1.29 is 4.79 Å². The molecule has 5 nitrogen and oxygen atoms in total. The maximum absolute atomic E-state index is 12.4. The number of amides is 1. The number of nitrogens with one attached hydrogen (secondary N) is 1. The number of hydrogen-bond acceptors (Lipinski definition) is 5. The van der Waals surface area contributed by atoms with Crippen LogP contribution in [0.1, 0.15) is 36.5 Å². The van der Waals surface area contributed by atoms with Gasteiger partial charge in [-0.3, -0.25) is 4.79 Å². The molecule has 0 bridgehead atoms. The Labute approximate surface area is 168 Å². The molecule has 0 aliphatic rings. The topological polar surface area (TPSA) is 59.8 Å². The summed E-state index contributed by atoms with van der Waals surface area (Å²) in [5.74, 6) is 1.36. The molecule has 142 valence electrons. The number of aryl methyl sites for hydroxylation is 1. The summed E-state index contributed by atoms with van der Waals surface area (Å²) in [6.07, 6.45) is 5.56. The van der Waals surface area contributed by atoms with E-state index in [9.17, 15) is 4.79 Å². The summed E-state index contributed by atoms with van der Waals surface area (Å²) in [7, 11) is 0. The van der Waals surface area contributed by atoms with Gasteiger partial charge < -0.3 is 9.88 Å². The number of nitrogens with zero attached hydrogens (tertiary/aromatic N) is 3. The maximum Gasteiger partial charge on any atom is 0.252 e. The lowest BCUT2D eigenvalue weighted by Gasteiger charge is -2.12. The molecular formula is C18H25ClN4OS2. The largest absolute Gasteiger partial charge is 0.352 e. The van der Waals surface area contributed by atoms with E-state index < -0.39 is 0 Å². The molecule has 0 aliphatic carbocycles. The normalized spacial score (nSPS) is 11.2. The number of thioether (sulfide) groups is 2. The Balaban J connectivity index is 1.91. The Morgan fingerprint density at radius 3 is 2.69 bits per heavy atom. The molecule has 2 aromatic rings. The molecule has 0 saturated carbocycles. The van der Waals surface area contributed by atoms with Crippen molar-refractivity contribution in [1.82, 2.24) is 20.1 Å². The number of benzene rings is 1. The first-order valence-electron chi connectivity index (χ1n) is 8.54. The number of carbonyl (C=O) groups is 1. The summed E-state index contributed by atoms with van der Waals surface area (Å²) >= 11 is 9.35. The average molecular weight is 413 g/mol. The van der Waals surface area contributed by atoms with E-state index in [1.54, 1.807) is 29.6 Å². The fraction of sp³-hybridized carbons (Fsp3) is 0.500. The van der Waals surface area contributed by atoms with Gasteiger partial charge in [-0.15, -0.1) is 22.0 Å². The van der Waals surface area contributed by atoms with Crippen molar-refractivity contribution >= 4 is 41.0 Å². The highest BCUT2D eigenvalue weighted by Gasteiger charge is 2.14. The van der Waals surface area contributed by atoms with E-state index >= 15 is 0 Å². The van der Waals surface area contributed by atoms with Crippen molar-refractivity contribution in [2.45, 2.75) is 43.3 Å². The molecule has 0 unspecified atom stereocenters. The lowest BCUT2D eigenvalue weighted by Crippen LogP contribution is -2.25. The van der Waals surface area contributed by atoms with Gasteiger partial charge in [0.05, 0.1) is 10.6 Å². The van der Waals surface area contributed by atoms with Crippen molar-refractivity contribution in [3.05, 3.63) is 34.6 Å². The summed E-state index contributed by atoms with van der Waals surface area (Å²) in [4.78, 5) is 13.4. The molecule has 0 atom stereocenters. The Kier molecular flexibility index (Phi) is 8.31. The summed E-state index contributed by atoms with van der Waals surface area (Å²) in [5.41, 5.74) is 0.520. The first-order chi connectivity index (χ1) is 12.5. The summed E-state index contributed by atoms with van der Waals surface area (Å²) in [6, 6.07) is 5.50. The Morgan fingerprint density at radius 2 is 2.04 bits per heavy atom. The molecule has 0 fully saturated rings. The first-order valence-corrected chi connectivity index (χ1v) is 11.4. The second kappa shape index (κ2) is 10.2. The van der Waals surface area contributed by atoms with Crippen LogP contribution >= 0.6 is 35.1 Å². The zero-order chi connectivity index (χ0) is 19.1. The van der Waals surface area contributed by atoms with Gasteiger partial charge in [-0.05, 0) is 43.0 Å². The molecule has 26 heavy (non-hydrogen) atoms. The van der Waals surface area contributed by atoms with Crippen LogP contribution in [0.25, 0.3) is 0 Å². The molecule has 2 rings (SSSR count). The Bertz CT molecular complexity index is 749. The van der Waals surface area contributed by atoms with Crippen molar-refractivity contribution in [2.75, 3.05) is 19.1 Å². The fourth-order valence-electron chi connectivity index (χ4n) is 2.55. The van der Waals surface area contributed by atoms with E-state index in [1.807, 2.05) is 24.6 Å². The van der Waals surface area contributed by atoms with E-state index in [0.717, 1.165) is 35.3 Å². The monoisotopic (exact) mass is 412 g/mol. The third kappa shape index (κ3) is 5.66. The maximum atomic E-state index is 12.4. The van der Waals surface area contributed by atoms with E-state index in [0.29, 0.717) is 23.0 Å². The molecule has 0 spiro atoms. The third-order valence-electron chi connectivity index (χ3n) is 3.80. The third-order valence-corrected chi connectivity index (χ3v) is 5.53. The average Bonchev–Trinajstić information content (AvgIpc) is 3.00. The van der Waals surface area contributed by atoms with Gasteiger partial charge in [-0.25, -0.2) is 0 Å². The minimum absolute atomic E-state index is 0.139. The van der Waals surface area contributed by atoms with Crippen molar-refractivity contribution in [3.8, 4) is 0 Å². The highest BCUT2D eigenvalue weighted by molar-refractivity contribution is 7.98. The number of hydrogen-bond donors (Lipinski definition) is 1. The Morgan fingerprint density at radius 1 is 1.27 bits per heavy atom. The Hall–Kier alpha value is -1.18. The molecule has 0 aliphatic heterocycles. The molecule has 1 N–H and O–H groups in total. The number of halogens is 1. The van der Waals surface area contributed by atoms with Crippen LogP contribution in [0, 0.1) is 5.92 Å². The zero-order valence-electron chi connectivity index (χ0n) is 15.6. The molecule has 8 heteroatoms. The molecule has 0 saturated heterocycles. The second-order valence-corrected chi connectivity index (χ2v) is 8.37. The van der Waals surface area contributed by atoms with E-state index in [-0.39, 0.29) is 5.91 Å². The predicted octanol–water partition coefficient (Wildman–Crippen LogP) is 4.39. The van der Waals surface area contributed by atoms with Crippen LogP contribution in [0.2, 0.25) is 5.02 Å². The summed E-state index contributed by atoms with van der Waals surface area (Å²) in [5, 5.41) is 12.9. The molecule has 1 heterocycles. The van der Waals surface area contributed by atoms with Gasteiger partial charge in [-0.2, -0.15) is 0 Å². The van der Waals surface area contributed by atoms with Crippen LogP contribution in [0.5, 0.6) is 0 Å². The molecule has 0 radical (unpaired) electrons. The summed E-state index contributed by atoms with van der Waals surface area (Å²) < 4.78 is 2.18. The highest BCUT2D eigenvalue weighted by Crippen LogP contribution is 2.23. The van der Waals surface area contributed by atoms with Crippen molar-refractivity contribution in [3.63, 3.8) is 0 Å². The van der Waals surface area contributed by atoms with Crippen molar-refractivity contribution in [1.29, 1.82) is 0 Å². The minimum atomic E-state index is -0.139. The zero-order valence-corrected chi connectivity index (χ0v) is 18.0. The van der Waals surface area contributed by atoms with E-state index in [4.69, 9.17) is 11.6 Å². The van der Waals surface area contributed by atoms with Gasteiger partial charge in [0.2, 0.25) is 0 Å². The second-order valence-electron chi connectivity index (χ2n) is 6.31. The SMILES string of the molecule is CSc1ccc(Cl)c(C(=O)NCCCc2nnc(SC)n2CC(C)C)c1. The van der Waals surface area contributed by atoms with Crippen LogP contribution in [0.15, 0.2) is 28.3 Å². The highest BCUT2D eigenvalue weighted by atomic mass is 35.5. The quantitative estimate of drug-likeness (QED) is 0.488. The molecule has 1 aromatic carbocycles. The standard InChI is InChI=1S/C18H25ClN4OS2/c1-12(2)11-23-16(21-22-18(23)26-4)6-5-9-20-17(24)14-10-13(25-3)7-8-15(14)19/h7-8,10,12H,5-6,9,11H2,1-4H3,(H,20,24). The van der Waals surface area contributed by atoms with Crippen LogP contribution in [0.3, 0.4) is 0 Å². The van der Waals surface area contributed by atoms with Gasteiger partial charge in [0.15, 0.2) is 5.16 Å². The van der Waals surface area contributed by atoms with Gasteiger partial charge in [0.25, 0.3) is 5.91 Å². The minimum Gasteiger partial charge on any atom is -0.352 e. The van der Waals surface area contributed by atoms with Crippen LogP contribution < -0.4 is 5.32 Å². The number of carbonyl (C=O) groups excluding carboxylic acids is 1. The number of rotatable bonds is 9. The molecule has 1 amide bonds.